The molecule has 0 saturated heterocycles. The molecule has 0 radical (unpaired) electrons. The molecule has 0 aliphatic heterocycles. The monoisotopic (exact) mass is 388 g/mol. The lowest BCUT2D eigenvalue weighted by atomic mass is 10.1. The highest BCUT2D eigenvalue weighted by Gasteiger charge is 2.08. The number of halogens is 1. The van der Waals surface area contributed by atoms with Crippen LogP contribution in [0.2, 0.25) is 0 Å². The minimum atomic E-state index is 0.595. The van der Waals surface area contributed by atoms with E-state index in [4.69, 9.17) is 12.2 Å². The molecule has 23 heavy (non-hydrogen) atoms. The molecule has 0 bridgehead atoms. The zero-order valence-corrected chi connectivity index (χ0v) is 15.1. The van der Waals surface area contributed by atoms with E-state index in [0.717, 1.165) is 27.8 Å². The smallest absolute Gasteiger partial charge is 0.171 e. The van der Waals surface area contributed by atoms with Crippen LogP contribution in [0.15, 0.2) is 53.1 Å². The summed E-state index contributed by atoms with van der Waals surface area (Å²) in [5, 5.41) is 13.8. The number of hydrogen-bond donors (Lipinski definition) is 2. The van der Waals surface area contributed by atoms with Crippen molar-refractivity contribution in [2.24, 2.45) is 0 Å². The van der Waals surface area contributed by atoms with Crippen LogP contribution in [0.1, 0.15) is 12.6 Å². The first-order valence-corrected chi connectivity index (χ1v) is 8.62. The molecule has 0 saturated carbocycles. The molecule has 118 valence electrons. The summed E-state index contributed by atoms with van der Waals surface area (Å²) in [6.07, 6.45) is 1.81. The first kappa shape index (κ1) is 16.0. The molecule has 0 aliphatic carbocycles. The topological polar surface area (TPSA) is 41.9 Å². The first-order valence-electron chi connectivity index (χ1n) is 7.42. The number of thiocarbonyl (C=S) groups is 1. The Kier molecular flexibility index (Phi) is 4.93. The van der Waals surface area contributed by atoms with Crippen molar-refractivity contribution in [3.05, 3.63) is 58.8 Å². The third-order valence-electron chi connectivity index (χ3n) is 3.65. The fourth-order valence-electron chi connectivity index (χ4n) is 2.50. The molecule has 3 rings (SSSR count). The number of nitrogens with zero attached hydrogens (tertiary/aromatic N) is 2. The minimum Gasteiger partial charge on any atom is -0.357 e. The van der Waals surface area contributed by atoms with Crippen LogP contribution < -0.4 is 10.6 Å². The zero-order chi connectivity index (χ0) is 16.2. The Morgan fingerprint density at radius 3 is 2.83 bits per heavy atom. The lowest BCUT2D eigenvalue weighted by Gasteiger charge is -2.13. The van der Waals surface area contributed by atoms with Crippen LogP contribution in [-0.2, 0) is 13.1 Å². The van der Waals surface area contributed by atoms with Gasteiger partial charge in [-0.05, 0) is 46.5 Å². The quantitative estimate of drug-likeness (QED) is 0.653. The second-order valence-corrected chi connectivity index (χ2v) is 6.35. The van der Waals surface area contributed by atoms with Gasteiger partial charge >= 0.3 is 0 Å². The van der Waals surface area contributed by atoms with E-state index in [9.17, 15) is 0 Å². The summed E-state index contributed by atoms with van der Waals surface area (Å²) in [5.41, 5.74) is 2.08. The van der Waals surface area contributed by atoms with E-state index in [-0.39, 0.29) is 0 Å². The van der Waals surface area contributed by atoms with Gasteiger partial charge in [0.05, 0.1) is 22.9 Å². The minimum absolute atomic E-state index is 0.595. The van der Waals surface area contributed by atoms with Crippen LogP contribution in [0.25, 0.3) is 10.8 Å². The lowest BCUT2D eigenvalue weighted by molar-refractivity contribution is 0.613. The van der Waals surface area contributed by atoms with E-state index in [0.29, 0.717) is 11.7 Å². The van der Waals surface area contributed by atoms with Crippen molar-refractivity contribution in [2.45, 2.75) is 20.0 Å². The molecule has 2 aromatic carbocycles. The predicted molar refractivity (Wildman–Crippen MR) is 103 cm³/mol. The van der Waals surface area contributed by atoms with Gasteiger partial charge in [-0.3, -0.25) is 4.68 Å². The molecule has 0 fully saturated rings. The SMILES string of the molecule is CCn1ncc(Br)c1CNC(=S)Nc1cccc2ccccc12. The largest absolute Gasteiger partial charge is 0.357 e. The fourth-order valence-corrected chi connectivity index (χ4v) is 3.12. The highest BCUT2D eigenvalue weighted by Crippen LogP contribution is 2.23. The molecule has 0 unspecified atom stereocenters. The number of aromatic nitrogens is 2. The van der Waals surface area contributed by atoms with Gasteiger partial charge in [-0.25, -0.2) is 0 Å². The summed E-state index contributed by atoms with van der Waals surface area (Å²) >= 11 is 8.95. The molecule has 1 aromatic heterocycles. The van der Waals surface area contributed by atoms with E-state index in [2.05, 4.69) is 56.8 Å². The highest BCUT2D eigenvalue weighted by atomic mass is 79.9. The predicted octanol–water partition coefficient (Wildman–Crippen LogP) is 4.31. The summed E-state index contributed by atoms with van der Waals surface area (Å²) < 4.78 is 2.93. The number of aryl methyl sites for hydroxylation is 1. The van der Waals surface area contributed by atoms with Crippen molar-refractivity contribution < 1.29 is 0 Å². The molecule has 2 N–H and O–H groups in total. The summed E-state index contributed by atoms with van der Waals surface area (Å²) in [4.78, 5) is 0. The molecule has 0 spiro atoms. The van der Waals surface area contributed by atoms with Crippen LogP contribution in [0, 0.1) is 0 Å². The van der Waals surface area contributed by atoms with Gasteiger partial charge in [-0.1, -0.05) is 36.4 Å². The van der Waals surface area contributed by atoms with Gasteiger partial charge in [0.25, 0.3) is 0 Å². The van der Waals surface area contributed by atoms with Crippen molar-refractivity contribution in [1.82, 2.24) is 15.1 Å². The van der Waals surface area contributed by atoms with E-state index >= 15 is 0 Å². The number of hydrogen-bond acceptors (Lipinski definition) is 2. The van der Waals surface area contributed by atoms with Gasteiger partial charge in [0.1, 0.15) is 0 Å². The van der Waals surface area contributed by atoms with Gasteiger partial charge < -0.3 is 10.6 Å². The van der Waals surface area contributed by atoms with Gasteiger partial charge in [0.15, 0.2) is 5.11 Å². The molecule has 4 nitrogen and oxygen atoms in total. The molecule has 0 atom stereocenters. The second kappa shape index (κ2) is 7.10. The molecule has 6 heteroatoms. The maximum atomic E-state index is 5.43. The number of rotatable bonds is 4. The molecular formula is C17H17BrN4S. The normalized spacial score (nSPS) is 10.7. The van der Waals surface area contributed by atoms with E-state index in [1.54, 1.807) is 0 Å². The Bertz CT molecular complexity index is 838. The van der Waals surface area contributed by atoms with Crippen LogP contribution >= 0.6 is 28.1 Å². The van der Waals surface area contributed by atoms with Gasteiger partial charge in [0.2, 0.25) is 0 Å². The number of nitrogens with one attached hydrogen (secondary N) is 2. The van der Waals surface area contributed by atoms with Gasteiger partial charge in [-0.15, -0.1) is 0 Å². The maximum absolute atomic E-state index is 5.43. The molecule has 0 aliphatic rings. The second-order valence-electron chi connectivity index (χ2n) is 5.09. The van der Waals surface area contributed by atoms with Crippen LogP contribution in [0.4, 0.5) is 5.69 Å². The van der Waals surface area contributed by atoms with Gasteiger partial charge in [0, 0.05) is 17.6 Å². The van der Waals surface area contributed by atoms with Crippen molar-refractivity contribution in [2.75, 3.05) is 5.32 Å². The zero-order valence-electron chi connectivity index (χ0n) is 12.7. The third kappa shape index (κ3) is 3.54. The van der Waals surface area contributed by atoms with E-state index in [1.807, 2.05) is 35.1 Å². The number of anilines is 1. The van der Waals surface area contributed by atoms with Crippen molar-refractivity contribution in [3.63, 3.8) is 0 Å². The Balaban J connectivity index is 1.71. The highest BCUT2D eigenvalue weighted by molar-refractivity contribution is 9.10. The maximum Gasteiger partial charge on any atom is 0.171 e. The third-order valence-corrected chi connectivity index (χ3v) is 4.56. The van der Waals surface area contributed by atoms with Crippen LogP contribution in [0.5, 0.6) is 0 Å². The average Bonchev–Trinajstić information content (AvgIpc) is 2.93. The molecule has 0 amide bonds. The Morgan fingerprint density at radius 2 is 2.00 bits per heavy atom. The molecule has 3 aromatic rings. The Morgan fingerprint density at radius 1 is 1.22 bits per heavy atom. The van der Waals surface area contributed by atoms with E-state index < -0.39 is 0 Å². The van der Waals surface area contributed by atoms with Crippen molar-refractivity contribution >= 4 is 49.7 Å². The lowest BCUT2D eigenvalue weighted by Crippen LogP contribution is -2.29. The van der Waals surface area contributed by atoms with Crippen molar-refractivity contribution in [3.8, 4) is 0 Å². The van der Waals surface area contributed by atoms with Crippen LogP contribution in [-0.4, -0.2) is 14.9 Å². The van der Waals surface area contributed by atoms with Crippen LogP contribution in [0.3, 0.4) is 0 Å². The van der Waals surface area contributed by atoms with Gasteiger partial charge in [-0.2, -0.15) is 5.10 Å². The number of fused-ring (bicyclic) bond motifs is 1. The summed E-state index contributed by atoms with van der Waals surface area (Å²) in [5.74, 6) is 0. The first-order chi connectivity index (χ1) is 11.2. The number of benzene rings is 2. The Hall–Kier alpha value is -1.92. The van der Waals surface area contributed by atoms with Crippen molar-refractivity contribution in [1.29, 1.82) is 0 Å². The summed E-state index contributed by atoms with van der Waals surface area (Å²) in [7, 11) is 0. The fraction of sp³-hybridized carbons (Fsp3) is 0.176. The summed E-state index contributed by atoms with van der Waals surface area (Å²) in [6.45, 7) is 3.51. The van der Waals surface area contributed by atoms with E-state index in [1.165, 1.54) is 5.39 Å². The standard InChI is InChI=1S/C17H17BrN4S/c1-2-22-16(14(18)10-20-22)11-19-17(23)21-15-9-5-7-12-6-3-4-8-13(12)15/h3-10H,2,11H2,1H3,(H2,19,21,23). The molecule has 1 heterocycles. The Labute approximate surface area is 149 Å². The molecular weight excluding hydrogens is 372 g/mol. The average molecular weight is 389 g/mol. The summed E-state index contributed by atoms with van der Waals surface area (Å²) in [6, 6.07) is 14.4.